The third-order valence-corrected chi connectivity index (χ3v) is 5.30. The lowest BCUT2D eigenvalue weighted by Crippen LogP contribution is -2.47. The fourth-order valence-electron chi connectivity index (χ4n) is 3.04. The minimum Gasteiger partial charge on any atom is -0.356 e. The highest BCUT2D eigenvalue weighted by atomic mass is 32.2. The number of fused-ring (bicyclic) bond motifs is 1. The van der Waals surface area contributed by atoms with Crippen molar-refractivity contribution in [3.63, 3.8) is 0 Å². The Morgan fingerprint density at radius 2 is 2.26 bits per heavy atom. The molecule has 0 spiro atoms. The molecule has 5 nitrogen and oxygen atoms in total. The summed E-state index contributed by atoms with van der Waals surface area (Å²) >= 11 is 1.94. The summed E-state index contributed by atoms with van der Waals surface area (Å²) in [6, 6.07) is 7.98. The Hall–Kier alpha value is -1.53. The van der Waals surface area contributed by atoms with Crippen LogP contribution in [0.15, 0.2) is 28.8 Å². The lowest BCUT2D eigenvalue weighted by molar-refractivity contribution is -0.132. The van der Waals surface area contributed by atoms with Crippen molar-refractivity contribution in [1.29, 1.82) is 0 Å². The molecule has 1 atom stereocenters. The zero-order valence-electron chi connectivity index (χ0n) is 13.7. The summed E-state index contributed by atoms with van der Waals surface area (Å²) in [6.45, 7) is 1.73. The van der Waals surface area contributed by atoms with Gasteiger partial charge in [0.25, 0.3) is 0 Å². The minimum absolute atomic E-state index is 0.151. The van der Waals surface area contributed by atoms with Crippen molar-refractivity contribution in [2.45, 2.75) is 18.9 Å². The molecule has 2 aromatic rings. The second-order valence-electron chi connectivity index (χ2n) is 6.23. The van der Waals surface area contributed by atoms with Gasteiger partial charge in [-0.1, -0.05) is 17.3 Å². The summed E-state index contributed by atoms with van der Waals surface area (Å²) in [5, 5.41) is 5.04. The largest absolute Gasteiger partial charge is 0.356 e. The zero-order chi connectivity index (χ0) is 16.2. The summed E-state index contributed by atoms with van der Waals surface area (Å²) in [5.41, 5.74) is 1.48. The summed E-state index contributed by atoms with van der Waals surface area (Å²) < 4.78 is 5.32. The van der Waals surface area contributed by atoms with E-state index in [1.54, 1.807) is 0 Å². The lowest BCUT2D eigenvalue weighted by atomic mass is 10.1. The first-order valence-electron chi connectivity index (χ1n) is 8.00. The van der Waals surface area contributed by atoms with Gasteiger partial charge in [-0.3, -0.25) is 4.79 Å². The number of nitrogens with zero attached hydrogens (tertiary/aromatic N) is 3. The van der Waals surface area contributed by atoms with Crippen LogP contribution in [0.25, 0.3) is 11.0 Å². The van der Waals surface area contributed by atoms with Crippen LogP contribution in [-0.2, 0) is 11.2 Å². The van der Waals surface area contributed by atoms with Gasteiger partial charge in [-0.25, -0.2) is 0 Å². The Labute approximate surface area is 141 Å². The van der Waals surface area contributed by atoms with Crippen LogP contribution in [0.2, 0.25) is 0 Å². The van der Waals surface area contributed by atoms with Gasteiger partial charge >= 0.3 is 0 Å². The van der Waals surface area contributed by atoms with Crippen LogP contribution in [0.5, 0.6) is 0 Å². The van der Waals surface area contributed by atoms with Gasteiger partial charge < -0.3 is 14.3 Å². The van der Waals surface area contributed by atoms with Gasteiger partial charge in [0.1, 0.15) is 5.69 Å². The summed E-state index contributed by atoms with van der Waals surface area (Å²) in [5.74, 6) is 2.28. The number of thioether (sulfide) groups is 1. The van der Waals surface area contributed by atoms with E-state index in [4.69, 9.17) is 4.52 Å². The Balaban J connectivity index is 1.76. The van der Waals surface area contributed by atoms with E-state index in [1.807, 2.05) is 40.9 Å². The van der Waals surface area contributed by atoms with Crippen molar-refractivity contribution in [3.05, 3.63) is 30.0 Å². The predicted octanol–water partition coefficient (Wildman–Crippen LogP) is 2.27. The van der Waals surface area contributed by atoms with E-state index in [2.05, 4.69) is 24.2 Å². The zero-order valence-corrected chi connectivity index (χ0v) is 14.5. The van der Waals surface area contributed by atoms with Crippen LogP contribution in [0.1, 0.15) is 12.1 Å². The van der Waals surface area contributed by atoms with Crippen molar-refractivity contribution in [1.82, 2.24) is 15.0 Å². The SMILES string of the molecule is CN(C)C[C@@H]1CSCCCN1C(=O)Cc1noc2ccccc12. The maximum absolute atomic E-state index is 12.9. The third-order valence-electron chi connectivity index (χ3n) is 4.11. The number of amides is 1. The van der Waals surface area contributed by atoms with E-state index < -0.39 is 0 Å². The molecule has 1 fully saturated rings. The van der Waals surface area contributed by atoms with Crippen LogP contribution < -0.4 is 0 Å². The van der Waals surface area contributed by atoms with E-state index >= 15 is 0 Å². The quantitative estimate of drug-likeness (QED) is 0.859. The van der Waals surface area contributed by atoms with E-state index in [0.29, 0.717) is 6.42 Å². The Kier molecular flexibility index (Phi) is 5.23. The molecule has 23 heavy (non-hydrogen) atoms. The molecule has 1 aliphatic heterocycles. The molecule has 0 radical (unpaired) electrons. The first-order valence-corrected chi connectivity index (χ1v) is 9.16. The van der Waals surface area contributed by atoms with Gasteiger partial charge in [0.15, 0.2) is 5.58 Å². The number of hydrogen-bond donors (Lipinski definition) is 0. The third kappa shape index (κ3) is 3.87. The number of hydrogen-bond acceptors (Lipinski definition) is 5. The van der Waals surface area contributed by atoms with Crippen LogP contribution in [0, 0.1) is 0 Å². The van der Waals surface area contributed by atoms with Gasteiger partial charge in [0.05, 0.1) is 12.5 Å². The Bertz CT molecular complexity index is 671. The fraction of sp³-hybridized carbons (Fsp3) is 0.529. The Morgan fingerprint density at radius 3 is 3.09 bits per heavy atom. The minimum atomic E-state index is 0.151. The molecule has 1 aliphatic rings. The highest BCUT2D eigenvalue weighted by molar-refractivity contribution is 7.99. The van der Waals surface area contributed by atoms with E-state index in [-0.39, 0.29) is 11.9 Å². The van der Waals surface area contributed by atoms with Gasteiger partial charge in [-0.05, 0) is 38.4 Å². The average molecular weight is 333 g/mol. The average Bonchev–Trinajstić information content (AvgIpc) is 2.78. The molecular weight excluding hydrogens is 310 g/mol. The second-order valence-corrected chi connectivity index (χ2v) is 7.38. The van der Waals surface area contributed by atoms with Crippen LogP contribution in [-0.4, -0.2) is 65.6 Å². The number of aromatic nitrogens is 1. The van der Waals surface area contributed by atoms with E-state index in [1.165, 1.54) is 0 Å². The number of rotatable bonds is 4. The number of carbonyl (C=O) groups excluding carboxylic acids is 1. The molecule has 6 heteroatoms. The standard InChI is InChI=1S/C17H23N3O2S/c1-19(2)11-13-12-23-9-5-8-20(13)17(21)10-15-14-6-3-4-7-16(14)22-18-15/h3-4,6-7,13H,5,8-12H2,1-2H3/t13-/m1/s1. The molecule has 0 N–H and O–H groups in total. The van der Waals surface area contributed by atoms with Crippen molar-refractivity contribution in [2.24, 2.45) is 0 Å². The van der Waals surface area contributed by atoms with Gasteiger partial charge in [0, 0.05) is 24.2 Å². The van der Waals surface area contributed by atoms with Gasteiger partial charge in [-0.2, -0.15) is 11.8 Å². The number of para-hydroxylation sites is 1. The van der Waals surface area contributed by atoms with Crippen molar-refractivity contribution < 1.29 is 9.32 Å². The predicted molar refractivity (Wildman–Crippen MR) is 93.7 cm³/mol. The highest BCUT2D eigenvalue weighted by Gasteiger charge is 2.27. The molecule has 2 heterocycles. The van der Waals surface area contributed by atoms with Crippen LogP contribution in [0.4, 0.5) is 0 Å². The van der Waals surface area contributed by atoms with E-state index in [9.17, 15) is 4.79 Å². The molecule has 1 aromatic heterocycles. The second kappa shape index (κ2) is 7.36. The van der Waals surface area contributed by atoms with E-state index in [0.717, 1.165) is 47.7 Å². The van der Waals surface area contributed by atoms with Crippen molar-refractivity contribution in [2.75, 3.05) is 38.7 Å². The molecule has 124 valence electrons. The molecule has 0 aliphatic carbocycles. The van der Waals surface area contributed by atoms with Gasteiger partial charge in [0.2, 0.25) is 5.91 Å². The molecule has 3 rings (SSSR count). The summed E-state index contributed by atoms with van der Waals surface area (Å²) in [6.07, 6.45) is 1.37. The maximum Gasteiger partial charge on any atom is 0.229 e. The molecular formula is C17H23N3O2S. The van der Waals surface area contributed by atoms with Gasteiger partial charge in [-0.15, -0.1) is 0 Å². The maximum atomic E-state index is 12.9. The molecule has 1 saturated heterocycles. The number of benzene rings is 1. The monoisotopic (exact) mass is 333 g/mol. The van der Waals surface area contributed by atoms with Crippen LogP contribution in [0.3, 0.4) is 0 Å². The number of likely N-dealkylation sites (N-methyl/N-ethyl adjacent to an activating group) is 1. The molecule has 1 aromatic carbocycles. The molecule has 0 saturated carbocycles. The Morgan fingerprint density at radius 1 is 1.43 bits per heavy atom. The fourth-order valence-corrected chi connectivity index (χ4v) is 4.10. The van der Waals surface area contributed by atoms with Crippen LogP contribution >= 0.6 is 11.8 Å². The molecule has 0 unspecified atom stereocenters. The van der Waals surface area contributed by atoms with Crippen molar-refractivity contribution >= 4 is 28.6 Å². The highest BCUT2D eigenvalue weighted by Crippen LogP contribution is 2.21. The normalized spacial score (nSPS) is 19.3. The van der Waals surface area contributed by atoms with Crippen molar-refractivity contribution in [3.8, 4) is 0 Å². The smallest absolute Gasteiger partial charge is 0.229 e. The topological polar surface area (TPSA) is 49.6 Å². The first kappa shape index (κ1) is 16.3. The summed E-state index contributed by atoms with van der Waals surface area (Å²) in [4.78, 5) is 17.1. The number of carbonyl (C=O) groups is 1. The molecule has 1 amide bonds. The molecule has 0 bridgehead atoms. The summed E-state index contributed by atoms with van der Waals surface area (Å²) in [7, 11) is 4.12. The first-order chi connectivity index (χ1) is 11.1. The lowest BCUT2D eigenvalue weighted by Gasteiger charge is -2.31.